The number of hydrogen-bond acceptors (Lipinski definition) is 3. The molecule has 1 aromatic heterocycles. The Balaban J connectivity index is 1.59. The van der Waals surface area contributed by atoms with Gasteiger partial charge in [-0.15, -0.1) is 0 Å². The van der Waals surface area contributed by atoms with Gasteiger partial charge in [0, 0.05) is 41.3 Å². The third kappa shape index (κ3) is 3.60. The Hall–Kier alpha value is -3.83. The van der Waals surface area contributed by atoms with Gasteiger partial charge in [-0.1, -0.05) is 48.0 Å². The Bertz CT molecular complexity index is 1310. The van der Waals surface area contributed by atoms with E-state index in [1.165, 1.54) is 0 Å². The van der Waals surface area contributed by atoms with E-state index in [2.05, 4.69) is 15.6 Å². The second-order valence-corrected chi connectivity index (χ2v) is 7.76. The summed E-state index contributed by atoms with van der Waals surface area (Å²) in [5, 5.41) is 6.98. The molecule has 0 aliphatic carbocycles. The Morgan fingerprint density at radius 1 is 1.03 bits per heavy atom. The Morgan fingerprint density at radius 2 is 1.81 bits per heavy atom. The summed E-state index contributed by atoms with van der Waals surface area (Å²) in [6, 6.07) is 23.3. The smallest absolute Gasteiger partial charge is 0.258 e. The third-order valence-corrected chi connectivity index (χ3v) is 5.51. The fourth-order valence-electron chi connectivity index (χ4n) is 3.77. The number of carbonyl (C=O) groups excluding carboxylic acids is 1. The molecule has 0 saturated heterocycles. The van der Waals surface area contributed by atoms with Gasteiger partial charge in [0.1, 0.15) is 5.82 Å². The van der Waals surface area contributed by atoms with Crippen LogP contribution < -0.4 is 10.6 Å². The second-order valence-electron chi connectivity index (χ2n) is 7.32. The molecule has 1 aliphatic heterocycles. The molecule has 2 N–H and O–H groups in total. The first-order valence-corrected chi connectivity index (χ1v) is 10.2. The molecule has 0 atom stereocenters. The van der Waals surface area contributed by atoms with E-state index in [1.807, 2.05) is 78.5 Å². The van der Waals surface area contributed by atoms with Crippen molar-refractivity contribution >= 4 is 40.2 Å². The van der Waals surface area contributed by atoms with Crippen LogP contribution in [-0.4, -0.2) is 15.5 Å². The van der Waals surface area contributed by atoms with Crippen LogP contribution >= 0.6 is 11.6 Å². The van der Waals surface area contributed by atoms with E-state index in [4.69, 9.17) is 11.6 Å². The van der Waals surface area contributed by atoms with E-state index in [0.29, 0.717) is 16.3 Å². The highest BCUT2D eigenvalue weighted by molar-refractivity contribution is 6.38. The maximum atomic E-state index is 12.9. The molecule has 1 aliphatic rings. The number of amides is 1. The summed E-state index contributed by atoms with van der Waals surface area (Å²) in [7, 11) is 1.97. The number of anilines is 2. The van der Waals surface area contributed by atoms with Crippen LogP contribution in [0, 0.1) is 0 Å². The van der Waals surface area contributed by atoms with Gasteiger partial charge < -0.3 is 15.2 Å². The van der Waals surface area contributed by atoms with Gasteiger partial charge in [-0.3, -0.25) is 4.79 Å². The highest BCUT2D eigenvalue weighted by Crippen LogP contribution is 2.38. The van der Waals surface area contributed by atoms with E-state index in [-0.39, 0.29) is 5.91 Å². The SMILES string of the molecule is Cn1ccnc1-c1ccc(NC(=C2C(=O)Nc3cc(Cl)ccc32)c2ccccc2)cc1. The lowest BCUT2D eigenvalue weighted by Gasteiger charge is -2.15. The van der Waals surface area contributed by atoms with Crippen molar-refractivity contribution in [3.8, 4) is 11.4 Å². The molecule has 4 aromatic rings. The maximum Gasteiger partial charge on any atom is 0.258 e. The number of rotatable bonds is 4. The molecule has 0 fully saturated rings. The molecule has 2 heterocycles. The summed E-state index contributed by atoms with van der Waals surface area (Å²) >= 11 is 6.12. The highest BCUT2D eigenvalue weighted by Gasteiger charge is 2.28. The van der Waals surface area contributed by atoms with Gasteiger partial charge in [0.25, 0.3) is 5.91 Å². The molecule has 6 heteroatoms. The van der Waals surface area contributed by atoms with Crippen LogP contribution in [0.25, 0.3) is 22.7 Å². The highest BCUT2D eigenvalue weighted by atomic mass is 35.5. The minimum atomic E-state index is -0.159. The zero-order valence-electron chi connectivity index (χ0n) is 16.8. The lowest BCUT2D eigenvalue weighted by Crippen LogP contribution is -2.10. The average molecular weight is 427 g/mol. The number of nitrogens with one attached hydrogen (secondary N) is 2. The van der Waals surface area contributed by atoms with Crippen LogP contribution in [-0.2, 0) is 11.8 Å². The topological polar surface area (TPSA) is 59.0 Å². The zero-order chi connectivity index (χ0) is 21.4. The maximum absolute atomic E-state index is 12.9. The average Bonchev–Trinajstić information content (AvgIpc) is 3.35. The molecule has 0 saturated carbocycles. The number of aryl methyl sites for hydroxylation is 1. The second kappa shape index (κ2) is 7.78. The molecular formula is C25H19ClN4O. The van der Waals surface area contributed by atoms with E-state index in [0.717, 1.165) is 33.9 Å². The van der Waals surface area contributed by atoms with Gasteiger partial charge in [-0.2, -0.15) is 0 Å². The van der Waals surface area contributed by atoms with Crippen molar-refractivity contribution in [2.24, 2.45) is 7.05 Å². The molecule has 0 radical (unpaired) electrons. The van der Waals surface area contributed by atoms with Crippen molar-refractivity contribution in [2.45, 2.75) is 0 Å². The van der Waals surface area contributed by atoms with Crippen molar-refractivity contribution in [1.82, 2.24) is 9.55 Å². The Morgan fingerprint density at radius 3 is 2.52 bits per heavy atom. The Kier molecular flexibility index (Phi) is 4.81. The monoisotopic (exact) mass is 426 g/mol. The first kappa shape index (κ1) is 19.2. The van der Waals surface area contributed by atoms with Gasteiger partial charge in [-0.05, 0) is 42.0 Å². The molecule has 152 valence electrons. The summed E-state index contributed by atoms with van der Waals surface area (Å²) in [6.45, 7) is 0. The van der Waals surface area contributed by atoms with Gasteiger partial charge in [0.2, 0.25) is 0 Å². The fraction of sp³-hybridized carbons (Fsp3) is 0.0400. The third-order valence-electron chi connectivity index (χ3n) is 5.27. The predicted octanol–water partition coefficient (Wildman–Crippen LogP) is 5.67. The van der Waals surface area contributed by atoms with Gasteiger partial charge in [-0.25, -0.2) is 4.98 Å². The van der Waals surface area contributed by atoms with Gasteiger partial charge in [0.15, 0.2) is 0 Å². The van der Waals surface area contributed by atoms with Crippen molar-refractivity contribution in [3.05, 3.63) is 101 Å². The van der Waals surface area contributed by atoms with Crippen LogP contribution in [0.4, 0.5) is 11.4 Å². The number of carbonyl (C=O) groups is 1. The lowest BCUT2D eigenvalue weighted by atomic mass is 10.00. The molecule has 0 spiro atoms. The first-order chi connectivity index (χ1) is 15.1. The minimum Gasteiger partial charge on any atom is -0.354 e. The molecule has 5 rings (SSSR count). The fourth-order valence-corrected chi connectivity index (χ4v) is 3.94. The van der Waals surface area contributed by atoms with Crippen LogP contribution in [0.1, 0.15) is 11.1 Å². The quantitative estimate of drug-likeness (QED) is 0.413. The van der Waals surface area contributed by atoms with Crippen LogP contribution in [0.15, 0.2) is 85.2 Å². The van der Waals surface area contributed by atoms with Crippen molar-refractivity contribution in [3.63, 3.8) is 0 Å². The van der Waals surface area contributed by atoms with E-state index < -0.39 is 0 Å². The molecule has 5 nitrogen and oxygen atoms in total. The van der Waals surface area contributed by atoms with Crippen molar-refractivity contribution in [2.75, 3.05) is 10.6 Å². The molecule has 0 unspecified atom stereocenters. The number of benzene rings is 3. The summed E-state index contributed by atoms with van der Waals surface area (Å²) < 4.78 is 1.98. The number of fused-ring (bicyclic) bond motifs is 1. The number of nitrogens with zero attached hydrogens (tertiary/aromatic N) is 2. The summed E-state index contributed by atoms with van der Waals surface area (Å²) in [5.74, 6) is 0.738. The zero-order valence-corrected chi connectivity index (χ0v) is 17.5. The van der Waals surface area contributed by atoms with Crippen molar-refractivity contribution in [1.29, 1.82) is 0 Å². The summed E-state index contributed by atoms with van der Waals surface area (Å²) in [6.07, 6.45) is 3.70. The van der Waals surface area contributed by atoms with E-state index in [9.17, 15) is 4.79 Å². The number of halogens is 1. The van der Waals surface area contributed by atoms with E-state index in [1.54, 1.807) is 18.3 Å². The van der Waals surface area contributed by atoms with Crippen LogP contribution in [0.2, 0.25) is 5.02 Å². The lowest BCUT2D eigenvalue weighted by molar-refractivity contribution is -0.110. The Labute approximate surface area is 185 Å². The molecule has 1 amide bonds. The van der Waals surface area contributed by atoms with Crippen LogP contribution in [0.5, 0.6) is 0 Å². The normalized spacial score (nSPS) is 14.2. The molecule has 31 heavy (non-hydrogen) atoms. The molecule has 3 aromatic carbocycles. The summed E-state index contributed by atoms with van der Waals surface area (Å²) in [5.41, 5.74) is 5.68. The van der Waals surface area contributed by atoms with Crippen LogP contribution in [0.3, 0.4) is 0 Å². The van der Waals surface area contributed by atoms with Gasteiger partial charge >= 0.3 is 0 Å². The minimum absolute atomic E-state index is 0.159. The largest absolute Gasteiger partial charge is 0.354 e. The van der Waals surface area contributed by atoms with E-state index >= 15 is 0 Å². The standard InChI is InChI=1S/C25H19ClN4O/c1-30-14-13-27-24(30)17-7-10-19(11-8-17)28-23(16-5-3-2-4-6-16)22-20-12-9-18(26)15-21(20)29-25(22)31/h2-15,28H,1H3,(H,29,31). The molecular weight excluding hydrogens is 408 g/mol. The first-order valence-electron chi connectivity index (χ1n) is 9.86. The number of aromatic nitrogens is 2. The number of hydrogen-bond donors (Lipinski definition) is 2. The summed E-state index contributed by atoms with van der Waals surface area (Å²) in [4.78, 5) is 17.3. The number of imidazole rings is 1. The van der Waals surface area contributed by atoms with Gasteiger partial charge in [0.05, 0.1) is 17.0 Å². The molecule has 0 bridgehead atoms. The predicted molar refractivity (Wildman–Crippen MR) is 126 cm³/mol. The van der Waals surface area contributed by atoms with Crippen molar-refractivity contribution < 1.29 is 4.79 Å².